The zero-order valence-electron chi connectivity index (χ0n) is 25.7. The zero-order valence-corrected chi connectivity index (χ0v) is 28.1. The van der Waals surface area contributed by atoms with Crippen molar-refractivity contribution in [2.24, 2.45) is 0 Å². The molecule has 48 heavy (non-hydrogen) atoms. The van der Waals surface area contributed by atoms with Crippen LogP contribution in [-0.2, 0) is 0 Å². The predicted octanol–water partition coefficient (Wildman–Crippen LogP) is 9.81. The Morgan fingerprint density at radius 1 is 0.479 bits per heavy atom. The van der Waals surface area contributed by atoms with Gasteiger partial charge in [0.2, 0.25) is 0 Å². The molecule has 0 fully saturated rings. The van der Waals surface area contributed by atoms with Crippen LogP contribution in [0.2, 0.25) is 0 Å². The second kappa shape index (κ2) is 13.1. The molecule has 10 heteroatoms. The minimum absolute atomic E-state index is 0.0752. The number of halogens is 4. The summed E-state index contributed by atoms with van der Waals surface area (Å²) in [7, 11) is 0. The van der Waals surface area contributed by atoms with E-state index in [-0.39, 0.29) is 28.0 Å². The molecule has 236 valence electrons. The third kappa shape index (κ3) is 6.58. The molecule has 0 aliphatic heterocycles. The van der Waals surface area contributed by atoms with Crippen LogP contribution < -0.4 is 10.6 Å². The van der Waals surface area contributed by atoms with E-state index in [9.17, 15) is 17.6 Å². The number of aryl methyl sites for hydroxylation is 2. The quantitative estimate of drug-likeness (QED) is 0.117. The molecule has 0 atom stereocenters. The summed E-state index contributed by atoms with van der Waals surface area (Å²) < 4.78 is 78.1. The van der Waals surface area contributed by atoms with Gasteiger partial charge in [0.25, 0.3) is 0 Å². The summed E-state index contributed by atoms with van der Waals surface area (Å²) in [5, 5.41) is 1.65. The van der Waals surface area contributed by atoms with Gasteiger partial charge in [-0.2, -0.15) is 0 Å². The third-order valence-corrected chi connectivity index (χ3v) is 10.4. The van der Waals surface area contributed by atoms with Gasteiger partial charge in [-0.25, -0.2) is 0 Å². The van der Waals surface area contributed by atoms with Crippen molar-refractivity contribution in [2.45, 2.75) is 13.8 Å². The minimum atomic E-state index is -4.13. The maximum atomic E-state index is 14.5. The molecule has 5 aromatic carbocycles. The molecule has 0 spiro atoms. The van der Waals surface area contributed by atoms with Crippen LogP contribution in [-0.4, -0.2) is 27.3 Å². The predicted molar refractivity (Wildman–Crippen MR) is 178 cm³/mol. The van der Waals surface area contributed by atoms with Crippen molar-refractivity contribution in [1.82, 2.24) is 9.97 Å². The van der Waals surface area contributed by atoms with Crippen molar-refractivity contribution >= 4 is 39.1 Å². The van der Waals surface area contributed by atoms with E-state index in [0.717, 1.165) is 58.6 Å². The number of fused-ring (bicyclic) bond motifs is 2. The molecule has 2 aromatic heterocycles. The number of hydrogen-bond donors (Lipinski definition) is 0. The van der Waals surface area contributed by atoms with Crippen LogP contribution in [0.25, 0.3) is 44.1 Å². The van der Waals surface area contributed by atoms with Gasteiger partial charge in [-0.05, 0) is 0 Å². The number of nitrogens with zero attached hydrogens (tertiary/aromatic N) is 2. The Morgan fingerprint density at radius 3 is 1.33 bits per heavy atom. The van der Waals surface area contributed by atoms with E-state index in [2.05, 4.69) is 9.97 Å². The van der Waals surface area contributed by atoms with Crippen molar-refractivity contribution in [1.29, 1.82) is 0 Å². The molecular weight excluding hydrogens is 678 g/mol. The van der Waals surface area contributed by atoms with Gasteiger partial charge in [-0.15, -0.1) is 0 Å². The summed E-state index contributed by atoms with van der Waals surface area (Å²) >= 11 is -4.13. The monoisotopic (exact) mass is 702 g/mol. The number of rotatable bonds is 8. The molecule has 7 rings (SSSR count). The molecule has 0 aliphatic rings. The van der Waals surface area contributed by atoms with E-state index >= 15 is 0 Å². The molecule has 0 aliphatic carbocycles. The summed E-state index contributed by atoms with van der Waals surface area (Å²) in [4.78, 5) is 9.38. The van der Waals surface area contributed by atoms with Gasteiger partial charge in [0.15, 0.2) is 0 Å². The van der Waals surface area contributed by atoms with Crippen LogP contribution in [0.1, 0.15) is 11.4 Å². The van der Waals surface area contributed by atoms with E-state index < -0.39 is 40.6 Å². The van der Waals surface area contributed by atoms with Crippen molar-refractivity contribution < 1.29 is 28.1 Å². The van der Waals surface area contributed by atoms with Gasteiger partial charge >= 0.3 is 281 Å². The zero-order chi connectivity index (χ0) is 33.4. The molecular formula is C38H25F4GaN2O3. The van der Waals surface area contributed by atoms with Crippen LogP contribution in [0, 0.1) is 37.1 Å². The third-order valence-electron chi connectivity index (χ3n) is 7.67. The van der Waals surface area contributed by atoms with Gasteiger partial charge in [-0.1, -0.05) is 0 Å². The van der Waals surface area contributed by atoms with Crippen LogP contribution in [0.5, 0.6) is 17.2 Å². The number of benzene rings is 5. The molecule has 7 aromatic rings. The fraction of sp³-hybridized carbons (Fsp3) is 0.0526. The fourth-order valence-electron chi connectivity index (χ4n) is 5.54. The first-order valence-corrected chi connectivity index (χ1v) is 18.0. The van der Waals surface area contributed by atoms with Crippen LogP contribution in [0.3, 0.4) is 0 Å². The molecule has 5 nitrogen and oxygen atoms in total. The topological polar surface area (TPSA) is 53.5 Å². The van der Waals surface area contributed by atoms with Gasteiger partial charge in [-0.3, -0.25) is 0 Å². The Morgan fingerprint density at radius 2 is 0.896 bits per heavy atom. The second-order valence-electron chi connectivity index (χ2n) is 11.2. The maximum absolute atomic E-state index is 14.5. The number of aromatic nitrogens is 2. The Kier molecular flexibility index (Phi) is 8.51. The van der Waals surface area contributed by atoms with Crippen molar-refractivity contribution in [2.75, 3.05) is 0 Å². The molecule has 2 heterocycles. The Hall–Kier alpha value is -5.32. The Balaban J connectivity index is 1.42. The average molecular weight is 703 g/mol. The summed E-state index contributed by atoms with van der Waals surface area (Å²) in [6.07, 6.45) is 0. The average Bonchev–Trinajstić information content (AvgIpc) is 3.04. The summed E-state index contributed by atoms with van der Waals surface area (Å²) in [6.45, 7) is 3.73. The number of pyridine rings is 2. The van der Waals surface area contributed by atoms with E-state index in [1.165, 1.54) is 0 Å². The molecule has 0 bridgehead atoms. The van der Waals surface area contributed by atoms with Gasteiger partial charge in [0.05, 0.1) is 0 Å². The van der Waals surface area contributed by atoms with Crippen molar-refractivity contribution in [3.8, 4) is 39.5 Å². The first-order valence-electron chi connectivity index (χ1n) is 15.0. The molecule has 0 unspecified atom stereocenters. The van der Waals surface area contributed by atoms with Crippen molar-refractivity contribution in [3.05, 3.63) is 150 Å². The standard InChI is InChI=1S/C18H10F4O.2C10H9NO.Ga/c19-12-4-10(5-13(20)8-12)16-2-1-3-17(18(16)23)11-6-14(21)9-15(22)7-11;2*1-7-5-6-8-3-2-4-9(12)10(8)11-7;/h1-9,23H;2*2-6,12H,1H3;/q;;;+3/p-3. The van der Waals surface area contributed by atoms with E-state index in [1.54, 1.807) is 30.3 Å². The summed E-state index contributed by atoms with van der Waals surface area (Å²) in [5.41, 5.74) is 3.52. The summed E-state index contributed by atoms with van der Waals surface area (Å²) in [6, 6.07) is 29.5. The first kappa shape index (κ1) is 31.3. The van der Waals surface area contributed by atoms with Gasteiger partial charge in [0, 0.05) is 0 Å². The molecule has 0 saturated carbocycles. The van der Waals surface area contributed by atoms with E-state index in [0.29, 0.717) is 22.5 Å². The van der Waals surface area contributed by atoms with Crippen molar-refractivity contribution in [3.63, 3.8) is 0 Å². The second-order valence-corrected chi connectivity index (χ2v) is 13.9. The molecule has 0 radical (unpaired) electrons. The Labute approximate surface area is 279 Å². The van der Waals surface area contributed by atoms with E-state index in [1.807, 2.05) is 62.4 Å². The molecule has 0 N–H and O–H groups in total. The van der Waals surface area contributed by atoms with Crippen LogP contribution >= 0.6 is 0 Å². The van der Waals surface area contributed by atoms with Crippen LogP contribution in [0.15, 0.2) is 115 Å². The SMILES string of the molecule is Cc1ccc2cccc([O][Ga]([O]c3c(-c4cc(F)cc(F)c4)cccc3-c3cc(F)cc(F)c3)[O]c3cccc4ccc(C)nc34)c2n1. The number of para-hydroxylation sites is 3. The number of hydrogen-bond acceptors (Lipinski definition) is 5. The van der Waals surface area contributed by atoms with Gasteiger partial charge < -0.3 is 0 Å². The fourth-order valence-corrected chi connectivity index (χ4v) is 8.45. The molecule has 0 saturated heterocycles. The van der Waals surface area contributed by atoms with Gasteiger partial charge in [0.1, 0.15) is 0 Å². The van der Waals surface area contributed by atoms with E-state index in [4.69, 9.17) is 10.6 Å². The molecule has 0 amide bonds. The van der Waals surface area contributed by atoms with Crippen LogP contribution in [0.4, 0.5) is 17.6 Å². The first-order chi connectivity index (χ1) is 23.2. The normalized spacial score (nSPS) is 11.1. The summed E-state index contributed by atoms with van der Waals surface area (Å²) in [5.74, 6) is -2.35. The Bertz CT molecular complexity index is 2140.